The predicted molar refractivity (Wildman–Crippen MR) is 95.2 cm³/mol. The molecule has 0 aliphatic rings. The zero-order chi connectivity index (χ0) is 17.8. The van der Waals surface area contributed by atoms with E-state index in [1.54, 1.807) is 7.11 Å². The molecule has 1 aromatic heterocycles. The van der Waals surface area contributed by atoms with Crippen LogP contribution in [-0.2, 0) is 4.79 Å². The highest BCUT2D eigenvalue weighted by molar-refractivity contribution is 5.92. The van der Waals surface area contributed by atoms with Crippen molar-refractivity contribution in [3.8, 4) is 28.7 Å². The number of nitrogens with one attached hydrogen (secondary N) is 1. The molecule has 1 amide bonds. The summed E-state index contributed by atoms with van der Waals surface area (Å²) in [5.41, 5.74) is 2.34. The van der Waals surface area contributed by atoms with Crippen molar-refractivity contribution in [2.45, 2.75) is 13.8 Å². The van der Waals surface area contributed by atoms with Gasteiger partial charge < -0.3 is 14.5 Å². The topological polar surface area (TPSA) is 77.3 Å². The number of anilines is 1. The van der Waals surface area contributed by atoms with E-state index in [1.165, 1.54) is 0 Å². The lowest BCUT2D eigenvalue weighted by Gasteiger charge is -2.07. The number of methoxy groups -OCH3 is 1. The van der Waals surface area contributed by atoms with Gasteiger partial charge in [0.05, 0.1) is 7.11 Å². The van der Waals surface area contributed by atoms with Gasteiger partial charge in [0, 0.05) is 22.7 Å². The molecule has 0 atom stereocenters. The third-order valence-electron chi connectivity index (χ3n) is 3.69. The Bertz CT molecular complexity index is 852. The third-order valence-corrected chi connectivity index (χ3v) is 3.69. The second-order valence-corrected chi connectivity index (χ2v) is 5.86. The smallest absolute Gasteiger partial charge is 0.248 e. The molecule has 1 heterocycles. The lowest BCUT2D eigenvalue weighted by Crippen LogP contribution is -2.17. The summed E-state index contributed by atoms with van der Waals surface area (Å²) >= 11 is 0. The number of rotatable bonds is 5. The lowest BCUT2D eigenvalue weighted by molar-refractivity contribution is -0.118. The molecule has 0 unspecified atom stereocenters. The lowest BCUT2D eigenvalue weighted by atomic mass is 10.1. The molecule has 3 aromatic rings. The van der Waals surface area contributed by atoms with Crippen LogP contribution in [0.25, 0.3) is 22.9 Å². The molecule has 0 fully saturated rings. The molecule has 3 rings (SSSR count). The molecule has 1 N–H and O–H groups in total. The van der Waals surface area contributed by atoms with E-state index in [0.717, 1.165) is 22.6 Å². The van der Waals surface area contributed by atoms with Gasteiger partial charge in [-0.3, -0.25) is 4.79 Å². The quantitative estimate of drug-likeness (QED) is 0.761. The minimum Gasteiger partial charge on any atom is -0.497 e. The van der Waals surface area contributed by atoms with Crippen LogP contribution >= 0.6 is 0 Å². The largest absolute Gasteiger partial charge is 0.497 e. The van der Waals surface area contributed by atoms with Gasteiger partial charge >= 0.3 is 0 Å². The van der Waals surface area contributed by atoms with Crippen LogP contribution in [0, 0.1) is 5.92 Å². The Morgan fingerprint density at radius 3 is 1.96 bits per heavy atom. The normalized spacial score (nSPS) is 10.7. The van der Waals surface area contributed by atoms with Crippen LogP contribution in [0.2, 0.25) is 0 Å². The Morgan fingerprint density at radius 1 is 0.960 bits per heavy atom. The number of carbonyl (C=O) groups excluding carboxylic acids is 1. The fourth-order valence-electron chi connectivity index (χ4n) is 2.17. The van der Waals surface area contributed by atoms with Crippen molar-refractivity contribution in [3.63, 3.8) is 0 Å². The highest BCUT2D eigenvalue weighted by atomic mass is 16.5. The molecule has 6 nitrogen and oxygen atoms in total. The van der Waals surface area contributed by atoms with Crippen LogP contribution in [0.15, 0.2) is 52.9 Å². The summed E-state index contributed by atoms with van der Waals surface area (Å²) in [4.78, 5) is 11.7. The molecular formula is C19H19N3O3. The van der Waals surface area contributed by atoms with E-state index < -0.39 is 0 Å². The average Bonchev–Trinajstić information content (AvgIpc) is 3.12. The Morgan fingerprint density at radius 2 is 1.48 bits per heavy atom. The Hall–Kier alpha value is -3.15. The second-order valence-electron chi connectivity index (χ2n) is 5.86. The number of amides is 1. The van der Waals surface area contributed by atoms with Crippen molar-refractivity contribution in [2.24, 2.45) is 5.92 Å². The molecule has 0 saturated carbocycles. The monoisotopic (exact) mass is 337 g/mol. The minimum atomic E-state index is -0.0670. The van der Waals surface area contributed by atoms with Gasteiger partial charge in [0.2, 0.25) is 17.7 Å². The number of hydrogen-bond acceptors (Lipinski definition) is 5. The fourth-order valence-corrected chi connectivity index (χ4v) is 2.17. The Labute approximate surface area is 145 Å². The molecular weight excluding hydrogens is 318 g/mol. The van der Waals surface area contributed by atoms with Gasteiger partial charge in [-0.05, 0) is 48.5 Å². The van der Waals surface area contributed by atoms with Gasteiger partial charge in [-0.25, -0.2) is 0 Å². The van der Waals surface area contributed by atoms with Crippen LogP contribution in [0.5, 0.6) is 5.75 Å². The Kier molecular flexibility index (Phi) is 4.79. The van der Waals surface area contributed by atoms with Crippen molar-refractivity contribution in [3.05, 3.63) is 48.5 Å². The van der Waals surface area contributed by atoms with E-state index in [0.29, 0.717) is 11.8 Å². The second kappa shape index (κ2) is 7.17. The number of carbonyl (C=O) groups is 1. The fraction of sp³-hybridized carbons (Fsp3) is 0.211. The van der Waals surface area contributed by atoms with Gasteiger partial charge in [0.1, 0.15) is 5.75 Å². The molecule has 0 aliphatic heterocycles. The predicted octanol–water partition coefficient (Wildman–Crippen LogP) is 4.01. The van der Waals surface area contributed by atoms with Crippen molar-refractivity contribution >= 4 is 11.6 Å². The van der Waals surface area contributed by atoms with Crippen molar-refractivity contribution in [1.82, 2.24) is 10.2 Å². The number of hydrogen-bond donors (Lipinski definition) is 1. The van der Waals surface area contributed by atoms with Crippen LogP contribution in [0.4, 0.5) is 5.69 Å². The summed E-state index contributed by atoms with van der Waals surface area (Å²) in [6.45, 7) is 3.70. The number of aromatic nitrogens is 2. The van der Waals surface area contributed by atoms with Gasteiger partial charge in [0.15, 0.2) is 0 Å². The molecule has 0 radical (unpaired) electrons. The summed E-state index contributed by atoms with van der Waals surface area (Å²) in [6, 6.07) is 14.7. The van der Waals surface area contributed by atoms with Gasteiger partial charge in [0.25, 0.3) is 0 Å². The minimum absolute atomic E-state index is 0.0210. The maximum absolute atomic E-state index is 11.7. The standard InChI is InChI=1S/C19H19N3O3/c1-12(2)17(23)20-15-8-4-13(5-9-15)18-21-22-19(25-18)14-6-10-16(24-3)11-7-14/h4-12H,1-3H3,(H,20,23). The van der Waals surface area contributed by atoms with Gasteiger partial charge in [-0.2, -0.15) is 0 Å². The van der Waals surface area contributed by atoms with E-state index in [4.69, 9.17) is 9.15 Å². The molecule has 6 heteroatoms. The number of nitrogens with zero attached hydrogens (tertiary/aromatic N) is 2. The summed E-state index contributed by atoms with van der Waals surface area (Å²) < 4.78 is 10.9. The summed E-state index contributed by atoms with van der Waals surface area (Å²) in [6.07, 6.45) is 0. The molecule has 0 bridgehead atoms. The first-order valence-corrected chi connectivity index (χ1v) is 7.96. The zero-order valence-electron chi connectivity index (χ0n) is 14.3. The van der Waals surface area contributed by atoms with Crippen molar-refractivity contribution in [2.75, 3.05) is 12.4 Å². The first-order valence-electron chi connectivity index (χ1n) is 7.96. The molecule has 128 valence electrons. The average molecular weight is 337 g/mol. The van der Waals surface area contributed by atoms with Crippen LogP contribution in [0.1, 0.15) is 13.8 Å². The summed E-state index contributed by atoms with van der Waals surface area (Å²) in [5.74, 6) is 1.54. The van der Waals surface area contributed by atoms with E-state index in [9.17, 15) is 4.79 Å². The number of benzene rings is 2. The highest BCUT2D eigenvalue weighted by Crippen LogP contribution is 2.26. The van der Waals surface area contributed by atoms with E-state index in [1.807, 2.05) is 62.4 Å². The molecule has 0 spiro atoms. The van der Waals surface area contributed by atoms with E-state index in [2.05, 4.69) is 15.5 Å². The molecule has 0 aliphatic carbocycles. The van der Waals surface area contributed by atoms with Gasteiger partial charge in [-0.15, -0.1) is 10.2 Å². The highest BCUT2D eigenvalue weighted by Gasteiger charge is 2.11. The maximum atomic E-state index is 11.7. The zero-order valence-corrected chi connectivity index (χ0v) is 14.3. The van der Waals surface area contributed by atoms with Crippen molar-refractivity contribution in [1.29, 1.82) is 0 Å². The first-order chi connectivity index (χ1) is 12.1. The van der Waals surface area contributed by atoms with Gasteiger partial charge in [-0.1, -0.05) is 13.8 Å². The molecule has 2 aromatic carbocycles. The van der Waals surface area contributed by atoms with Crippen LogP contribution < -0.4 is 10.1 Å². The van der Waals surface area contributed by atoms with E-state index >= 15 is 0 Å². The Balaban J connectivity index is 1.76. The van der Waals surface area contributed by atoms with Crippen LogP contribution in [-0.4, -0.2) is 23.2 Å². The SMILES string of the molecule is COc1ccc(-c2nnc(-c3ccc(NC(=O)C(C)C)cc3)o2)cc1. The van der Waals surface area contributed by atoms with Crippen molar-refractivity contribution < 1.29 is 13.9 Å². The third kappa shape index (κ3) is 3.85. The first kappa shape index (κ1) is 16.7. The van der Waals surface area contributed by atoms with Crippen LogP contribution in [0.3, 0.4) is 0 Å². The maximum Gasteiger partial charge on any atom is 0.248 e. The summed E-state index contributed by atoms with van der Waals surface area (Å²) in [7, 11) is 1.62. The number of ether oxygens (including phenoxy) is 1. The van der Waals surface area contributed by atoms with E-state index in [-0.39, 0.29) is 11.8 Å². The molecule has 25 heavy (non-hydrogen) atoms. The summed E-state index contributed by atoms with van der Waals surface area (Å²) in [5, 5.41) is 11.0. The molecule has 0 saturated heterocycles.